The van der Waals surface area contributed by atoms with Gasteiger partial charge in [-0.25, -0.2) is 9.78 Å². The zero-order valence-corrected chi connectivity index (χ0v) is 21.7. The lowest BCUT2D eigenvalue weighted by Gasteiger charge is -2.57. The quantitative estimate of drug-likeness (QED) is 0.390. The normalized spacial score (nSPS) is 25.8. The number of benzene rings is 2. The third kappa shape index (κ3) is 4.47. The fourth-order valence-electron chi connectivity index (χ4n) is 7.98. The maximum absolute atomic E-state index is 13.7. The molecule has 6 heteroatoms. The molecule has 4 aliphatic rings. The van der Waals surface area contributed by atoms with Crippen LogP contribution in [0.2, 0.25) is 0 Å². The van der Waals surface area contributed by atoms with Crippen molar-refractivity contribution in [3.8, 4) is 11.4 Å². The van der Waals surface area contributed by atoms with Gasteiger partial charge in [-0.2, -0.15) is 0 Å². The number of carbonyl (C=O) groups excluding carboxylic acids is 1. The Labute approximate surface area is 218 Å². The lowest BCUT2D eigenvalue weighted by atomic mass is 9.48. The standard InChI is InChI=1S/C31H35N3O3/c1-19-6-3-4-9-25(19)28-33-26(10-11-31-16-20-12-21(17-31)14-22(13-20)18-31)27(34(28)2)29(35)32-24-8-5-7-23(15-24)30(36)37/h3-9,15,20-22H,10-14,16-18H2,1-2H3,(H,32,35)(H,36,37). The molecule has 6 nitrogen and oxygen atoms in total. The summed E-state index contributed by atoms with van der Waals surface area (Å²) in [4.78, 5) is 30.2. The molecule has 0 aliphatic heterocycles. The van der Waals surface area contributed by atoms with Crippen molar-refractivity contribution in [2.45, 2.75) is 58.3 Å². The van der Waals surface area contributed by atoms with Crippen molar-refractivity contribution in [3.63, 3.8) is 0 Å². The second-order valence-electron chi connectivity index (χ2n) is 11.9. The number of aromatic carboxylic acids is 1. The van der Waals surface area contributed by atoms with Crippen LogP contribution >= 0.6 is 0 Å². The van der Waals surface area contributed by atoms with Gasteiger partial charge in [0, 0.05) is 18.3 Å². The summed E-state index contributed by atoms with van der Waals surface area (Å²) in [6.45, 7) is 2.07. The van der Waals surface area contributed by atoms with Crippen LogP contribution in [0.15, 0.2) is 48.5 Å². The minimum Gasteiger partial charge on any atom is -0.478 e. The van der Waals surface area contributed by atoms with Crippen LogP contribution in [0.5, 0.6) is 0 Å². The van der Waals surface area contributed by atoms with Crippen LogP contribution < -0.4 is 5.32 Å². The van der Waals surface area contributed by atoms with Crippen LogP contribution in [0.1, 0.15) is 77.0 Å². The predicted octanol–water partition coefficient (Wildman–Crippen LogP) is 6.50. The van der Waals surface area contributed by atoms with Gasteiger partial charge in [0.05, 0.1) is 11.3 Å². The molecule has 0 saturated heterocycles. The van der Waals surface area contributed by atoms with Gasteiger partial charge < -0.3 is 15.0 Å². The summed E-state index contributed by atoms with van der Waals surface area (Å²) in [6, 6.07) is 14.5. The number of carbonyl (C=O) groups is 2. The molecule has 192 valence electrons. The molecule has 0 atom stereocenters. The number of imidazole rings is 1. The number of aromatic nitrogens is 2. The highest BCUT2D eigenvalue weighted by Gasteiger charge is 2.50. The molecule has 7 rings (SSSR count). The third-order valence-electron chi connectivity index (χ3n) is 9.19. The molecule has 4 fully saturated rings. The number of hydrogen-bond donors (Lipinski definition) is 2. The summed E-state index contributed by atoms with van der Waals surface area (Å²) in [7, 11) is 1.91. The number of hydrogen-bond acceptors (Lipinski definition) is 3. The second kappa shape index (κ2) is 9.16. The molecule has 4 aliphatic carbocycles. The largest absolute Gasteiger partial charge is 0.478 e. The van der Waals surface area contributed by atoms with E-state index in [0.717, 1.165) is 53.2 Å². The first-order chi connectivity index (χ1) is 17.8. The fraction of sp³-hybridized carbons (Fsp3) is 0.452. The maximum Gasteiger partial charge on any atom is 0.335 e. The van der Waals surface area contributed by atoms with E-state index >= 15 is 0 Å². The summed E-state index contributed by atoms with van der Waals surface area (Å²) in [5.74, 6) is 2.20. The van der Waals surface area contributed by atoms with E-state index in [2.05, 4.69) is 24.4 Å². The second-order valence-corrected chi connectivity index (χ2v) is 11.9. The first-order valence-electron chi connectivity index (χ1n) is 13.6. The first-order valence-corrected chi connectivity index (χ1v) is 13.6. The predicted molar refractivity (Wildman–Crippen MR) is 144 cm³/mol. The van der Waals surface area contributed by atoms with Crippen LogP contribution in [-0.4, -0.2) is 26.5 Å². The molecule has 2 aromatic carbocycles. The molecule has 4 saturated carbocycles. The lowest BCUT2D eigenvalue weighted by molar-refractivity contribution is -0.0570. The molecule has 37 heavy (non-hydrogen) atoms. The van der Waals surface area contributed by atoms with Crippen molar-refractivity contribution in [2.24, 2.45) is 30.2 Å². The maximum atomic E-state index is 13.7. The fourth-order valence-corrected chi connectivity index (χ4v) is 7.98. The van der Waals surface area contributed by atoms with Crippen molar-refractivity contribution in [1.29, 1.82) is 0 Å². The summed E-state index contributed by atoms with van der Waals surface area (Å²) < 4.78 is 1.91. The Bertz CT molecular complexity index is 1340. The van der Waals surface area contributed by atoms with E-state index in [-0.39, 0.29) is 11.5 Å². The monoisotopic (exact) mass is 497 g/mol. The molecule has 1 amide bonds. The molecular formula is C31H35N3O3. The number of carboxylic acid groups (broad SMARTS) is 1. The SMILES string of the molecule is Cc1ccccc1-c1nc(CCC23CC4CC(CC(C4)C2)C3)c(C(=O)Nc2cccc(C(=O)O)c2)n1C. The van der Waals surface area contributed by atoms with Gasteiger partial charge in [0.1, 0.15) is 11.5 Å². The van der Waals surface area contributed by atoms with Crippen LogP contribution in [0.3, 0.4) is 0 Å². The zero-order chi connectivity index (χ0) is 25.7. The number of carboxylic acids is 1. The third-order valence-corrected chi connectivity index (χ3v) is 9.19. The highest BCUT2D eigenvalue weighted by molar-refractivity contribution is 6.05. The number of amides is 1. The number of nitrogens with zero attached hydrogens (tertiary/aromatic N) is 2. The first kappa shape index (κ1) is 24.0. The van der Waals surface area contributed by atoms with Crippen molar-refractivity contribution in [1.82, 2.24) is 9.55 Å². The summed E-state index contributed by atoms with van der Waals surface area (Å²) in [5.41, 5.74) is 4.55. The lowest BCUT2D eigenvalue weighted by Crippen LogP contribution is -2.46. The average Bonchev–Trinajstić information content (AvgIpc) is 3.18. The highest BCUT2D eigenvalue weighted by atomic mass is 16.4. The van der Waals surface area contributed by atoms with Crippen molar-refractivity contribution >= 4 is 17.6 Å². The van der Waals surface area contributed by atoms with E-state index in [1.54, 1.807) is 12.1 Å². The van der Waals surface area contributed by atoms with E-state index in [4.69, 9.17) is 4.98 Å². The number of aryl methyl sites for hydroxylation is 2. The van der Waals surface area contributed by atoms with Crippen molar-refractivity contribution in [3.05, 3.63) is 71.0 Å². The Morgan fingerprint density at radius 3 is 2.35 bits per heavy atom. The molecule has 0 spiro atoms. The number of rotatable bonds is 7. The van der Waals surface area contributed by atoms with Gasteiger partial charge >= 0.3 is 5.97 Å². The van der Waals surface area contributed by atoms with Gasteiger partial charge in [0.25, 0.3) is 5.91 Å². The van der Waals surface area contributed by atoms with Gasteiger partial charge in [0.15, 0.2) is 0 Å². The Balaban J connectivity index is 1.33. The Morgan fingerprint density at radius 2 is 1.70 bits per heavy atom. The number of anilines is 1. The van der Waals surface area contributed by atoms with Crippen molar-refractivity contribution < 1.29 is 14.7 Å². The summed E-state index contributed by atoms with van der Waals surface area (Å²) in [6.07, 6.45) is 10.1. The molecule has 3 aromatic rings. The molecular weight excluding hydrogens is 462 g/mol. The minimum atomic E-state index is -1.02. The minimum absolute atomic E-state index is 0.144. The summed E-state index contributed by atoms with van der Waals surface area (Å²) >= 11 is 0. The zero-order valence-electron chi connectivity index (χ0n) is 21.7. The smallest absolute Gasteiger partial charge is 0.335 e. The van der Waals surface area contributed by atoms with Gasteiger partial charge in [-0.1, -0.05) is 30.3 Å². The number of nitrogens with one attached hydrogen (secondary N) is 1. The van der Waals surface area contributed by atoms with E-state index in [1.807, 2.05) is 23.7 Å². The van der Waals surface area contributed by atoms with Gasteiger partial charge in [-0.3, -0.25) is 4.79 Å². The van der Waals surface area contributed by atoms with Crippen LogP contribution in [0, 0.1) is 30.1 Å². The average molecular weight is 498 g/mol. The Morgan fingerprint density at radius 1 is 1.03 bits per heavy atom. The molecule has 2 N–H and O–H groups in total. The van der Waals surface area contributed by atoms with Crippen molar-refractivity contribution in [2.75, 3.05) is 5.32 Å². The molecule has 1 heterocycles. The molecule has 4 bridgehead atoms. The van der Waals surface area contributed by atoms with Crippen LogP contribution in [-0.2, 0) is 13.5 Å². The van der Waals surface area contributed by atoms with E-state index in [9.17, 15) is 14.7 Å². The summed E-state index contributed by atoms with van der Waals surface area (Å²) in [5, 5.41) is 12.3. The van der Waals surface area contributed by atoms with Gasteiger partial charge in [0.2, 0.25) is 0 Å². The molecule has 0 radical (unpaired) electrons. The molecule has 1 aromatic heterocycles. The van der Waals surface area contributed by atoms with E-state index in [1.165, 1.54) is 50.7 Å². The van der Waals surface area contributed by atoms with Crippen LogP contribution in [0.25, 0.3) is 11.4 Å². The Kier molecular flexibility index (Phi) is 5.93. The topological polar surface area (TPSA) is 84.2 Å². The van der Waals surface area contributed by atoms with E-state index in [0.29, 0.717) is 16.8 Å². The Hall–Kier alpha value is -3.41. The highest BCUT2D eigenvalue weighted by Crippen LogP contribution is 2.61. The van der Waals surface area contributed by atoms with Gasteiger partial charge in [-0.05, 0) is 105 Å². The molecule has 0 unspecified atom stereocenters. The van der Waals surface area contributed by atoms with E-state index < -0.39 is 5.97 Å². The van der Waals surface area contributed by atoms with Crippen LogP contribution in [0.4, 0.5) is 5.69 Å². The van der Waals surface area contributed by atoms with Gasteiger partial charge in [-0.15, -0.1) is 0 Å².